The molecule has 7 rings (SSSR count). The highest BCUT2D eigenvalue weighted by atomic mass is 32.1. The number of rotatable bonds is 6. The van der Waals surface area contributed by atoms with Crippen molar-refractivity contribution in [3.05, 3.63) is 122 Å². The number of hydrogen-bond donors (Lipinski definition) is 1. The molecule has 0 amide bonds. The first-order valence-electron chi connectivity index (χ1n) is 12.2. The van der Waals surface area contributed by atoms with Crippen molar-refractivity contribution in [3.8, 4) is 0 Å². The van der Waals surface area contributed by atoms with Crippen LogP contribution in [0.2, 0.25) is 0 Å². The molecule has 14 heteroatoms. The summed E-state index contributed by atoms with van der Waals surface area (Å²) in [6.45, 7) is 0. The van der Waals surface area contributed by atoms with Crippen LogP contribution >= 0.6 is 11.7 Å². The molecule has 6 aromatic heterocycles. The van der Waals surface area contributed by atoms with Crippen LogP contribution < -0.4 is 15.1 Å². The van der Waals surface area contributed by atoms with Gasteiger partial charge in [-0.25, -0.2) is 25.0 Å². The van der Waals surface area contributed by atoms with Gasteiger partial charge < -0.3 is 4.98 Å². The molecular formula is C26H19N13S. The largest absolute Gasteiger partial charge is 0.347 e. The molecular weight excluding hydrogens is 526 g/mol. The van der Waals surface area contributed by atoms with Crippen LogP contribution in [0.1, 0.15) is 23.3 Å². The van der Waals surface area contributed by atoms with Crippen molar-refractivity contribution in [3.63, 3.8) is 0 Å². The Bertz CT molecular complexity index is 1570. The van der Waals surface area contributed by atoms with Crippen molar-refractivity contribution < 1.29 is 0 Å². The molecule has 1 atom stereocenters. The van der Waals surface area contributed by atoms with Gasteiger partial charge in [-0.05, 0) is 42.5 Å². The van der Waals surface area contributed by atoms with E-state index in [1.54, 1.807) is 55.6 Å². The predicted molar refractivity (Wildman–Crippen MR) is 148 cm³/mol. The number of aromatic amines is 1. The third kappa shape index (κ3) is 4.08. The Morgan fingerprint density at radius 1 is 0.775 bits per heavy atom. The maximum absolute atomic E-state index is 4.74. The van der Waals surface area contributed by atoms with E-state index in [-0.39, 0.29) is 0 Å². The van der Waals surface area contributed by atoms with E-state index in [1.165, 1.54) is 0 Å². The first kappa shape index (κ1) is 23.5. The molecule has 1 N–H and O–H groups in total. The zero-order valence-corrected chi connectivity index (χ0v) is 21.5. The molecule has 7 heterocycles. The topological polar surface area (TPSA) is 142 Å². The van der Waals surface area contributed by atoms with Crippen LogP contribution in [0.25, 0.3) is 11.3 Å². The Labute approximate surface area is 231 Å². The summed E-state index contributed by atoms with van der Waals surface area (Å²) < 4.78 is 8.96. The van der Waals surface area contributed by atoms with Gasteiger partial charge in [0.15, 0.2) is 11.6 Å². The van der Waals surface area contributed by atoms with E-state index in [2.05, 4.69) is 38.9 Å². The smallest absolute Gasteiger partial charge is 0.203 e. The van der Waals surface area contributed by atoms with Crippen molar-refractivity contribution >= 4 is 40.5 Å². The molecule has 194 valence electrons. The van der Waals surface area contributed by atoms with E-state index in [1.807, 2.05) is 63.8 Å². The lowest BCUT2D eigenvalue weighted by atomic mass is 9.95. The number of hydrogen-bond acceptors (Lipinski definition) is 13. The Morgan fingerprint density at radius 3 is 2.40 bits per heavy atom. The first-order valence-corrected chi connectivity index (χ1v) is 12.9. The van der Waals surface area contributed by atoms with E-state index < -0.39 is 6.04 Å². The van der Waals surface area contributed by atoms with Gasteiger partial charge >= 0.3 is 0 Å². The molecule has 0 fully saturated rings. The van der Waals surface area contributed by atoms with Crippen LogP contribution in [-0.2, 0) is 0 Å². The minimum atomic E-state index is -0.579. The van der Waals surface area contributed by atoms with Crippen LogP contribution in [-0.4, -0.2) is 48.8 Å². The summed E-state index contributed by atoms with van der Waals surface area (Å²) in [6.07, 6.45) is 15.3. The van der Waals surface area contributed by atoms with E-state index >= 15 is 0 Å². The molecule has 0 saturated carbocycles. The molecule has 0 aromatic carbocycles. The van der Waals surface area contributed by atoms with Crippen molar-refractivity contribution in [1.29, 1.82) is 0 Å². The molecule has 1 aliphatic heterocycles. The summed E-state index contributed by atoms with van der Waals surface area (Å²) in [5, 5.41) is 14.6. The Balaban J connectivity index is 1.65. The second-order valence-corrected chi connectivity index (χ2v) is 8.99. The summed E-state index contributed by atoms with van der Waals surface area (Å²) in [6, 6.07) is 14.5. The van der Waals surface area contributed by atoms with Gasteiger partial charge in [0.2, 0.25) is 5.82 Å². The summed E-state index contributed by atoms with van der Waals surface area (Å²) in [5.74, 6) is 2.33. The second kappa shape index (κ2) is 10.3. The van der Waals surface area contributed by atoms with Gasteiger partial charge in [0.25, 0.3) is 0 Å². The number of anilines is 3. The normalized spacial score (nSPS) is 15.5. The molecule has 0 spiro atoms. The number of pyridine rings is 1. The number of aromatic nitrogens is 10. The Morgan fingerprint density at radius 2 is 1.70 bits per heavy atom. The summed E-state index contributed by atoms with van der Waals surface area (Å²) in [4.78, 5) is 26.6. The van der Waals surface area contributed by atoms with Gasteiger partial charge in [-0.1, -0.05) is 6.07 Å². The summed E-state index contributed by atoms with van der Waals surface area (Å²) in [7, 11) is 0. The van der Waals surface area contributed by atoms with Gasteiger partial charge in [0, 0.05) is 49.0 Å². The lowest BCUT2D eigenvalue weighted by molar-refractivity contribution is 0.624. The van der Waals surface area contributed by atoms with Gasteiger partial charge in [0.1, 0.15) is 17.6 Å². The molecule has 0 bridgehead atoms. The maximum atomic E-state index is 4.74. The van der Waals surface area contributed by atoms with Gasteiger partial charge in [-0.15, -0.1) is 0 Å². The lowest BCUT2D eigenvalue weighted by Crippen LogP contribution is -2.59. The summed E-state index contributed by atoms with van der Waals surface area (Å²) >= 11 is 1.10. The van der Waals surface area contributed by atoms with E-state index in [4.69, 9.17) is 9.97 Å². The molecule has 40 heavy (non-hydrogen) atoms. The van der Waals surface area contributed by atoms with Crippen molar-refractivity contribution in [2.45, 2.75) is 6.04 Å². The maximum Gasteiger partial charge on any atom is 0.203 e. The molecule has 6 aromatic rings. The van der Waals surface area contributed by atoms with Crippen LogP contribution in [0.4, 0.5) is 17.5 Å². The van der Waals surface area contributed by atoms with Crippen molar-refractivity contribution in [1.82, 2.24) is 48.8 Å². The molecule has 1 aliphatic rings. The monoisotopic (exact) mass is 545 g/mol. The van der Waals surface area contributed by atoms with E-state index in [0.29, 0.717) is 34.5 Å². The minimum Gasteiger partial charge on any atom is -0.347 e. The quantitative estimate of drug-likeness (QED) is 0.327. The standard InChI is InChI=1S/C26H19N13S/c1-2-9-29-20(7-1)38-25(26-31-11-5-12-32-26)23(18-6-3-13-33-35-18)24(19-16-27-14-15-28-19)37(21-8-4-10-30-21)39(38)22-17-34-40-36-22/h1-17,24,30H. The highest BCUT2D eigenvalue weighted by molar-refractivity contribution is 6.99. The zero-order valence-electron chi connectivity index (χ0n) is 20.7. The molecule has 13 nitrogen and oxygen atoms in total. The number of H-pyrrole nitrogens is 1. The average molecular weight is 546 g/mol. The fraction of sp³-hybridized carbons (Fsp3) is 0.0385. The molecule has 0 saturated heterocycles. The van der Waals surface area contributed by atoms with Crippen molar-refractivity contribution in [2.75, 3.05) is 15.1 Å². The van der Waals surface area contributed by atoms with Crippen LogP contribution in [0.3, 0.4) is 0 Å². The van der Waals surface area contributed by atoms with Crippen LogP contribution in [0.15, 0.2) is 104 Å². The Hall–Kier alpha value is -5.63. The highest BCUT2D eigenvalue weighted by Crippen LogP contribution is 2.48. The fourth-order valence-corrected chi connectivity index (χ4v) is 4.98. The molecule has 1 unspecified atom stereocenters. The molecule has 0 radical (unpaired) electrons. The van der Waals surface area contributed by atoms with Crippen LogP contribution in [0.5, 0.6) is 0 Å². The zero-order chi connectivity index (χ0) is 26.7. The fourth-order valence-electron chi connectivity index (χ4n) is 4.59. The lowest BCUT2D eigenvalue weighted by Gasteiger charge is -2.51. The van der Waals surface area contributed by atoms with Gasteiger partial charge in [-0.2, -0.15) is 24.1 Å². The SMILES string of the molecule is c1ccc(N2C(c3ncccn3)=C(c3cccnn3)C(c3cnccn3)N(c3ccc[nH]3)N2c2cnsn2)nc1. The molecule has 0 aliphatic carbocycles. The third-order valence-electron chi connectivity index (χ3n) is 6.12. The summed E-state index contributed by atoms with van der Waals surface area (Å²) in [5.41, 5.74) is 2.61. The van der Waals surface area contributed by atoms with E-state index in [0.717, 1.165) is 23.1 Å². The average Bonchev–Trinajstić information content (AvgIpc) is 3.77. The third-order valence-corrected chi connectivity index (χ3v) is 6.59. The number of hydrazine groups is 2. The van der Waals surface area contributed by atoms with Crippen molar-refractivity contribution in [2.24, 2.45) is 0 Å². The van der Waals surface area contributed by atoms with Crippen LogP contribution in [0, 0.1) is 0 Å². The van der Waals surface area contributed by atoms with E-state index in [9.17, 15) is 0 Å². The second-order valence-electron chi connectivity index (χ2n) is 8.43. The van der Waals surface area contributed by atoms with Gasteiger partial charge in [0.05, 0.1) is 35.5 Å². The minimum absolute atomic E-state index is 0.446. The Kier molecular flexibility index (Phi) is 6.03. The van der Waals surface area contributed by atoms with Gasteiger partial charge in [-0.3, -0.25) is 9.97 Å². The predicted octanol–water partition coefficient (Wildman–Crippen LogP) is 3.60. The first-order chi connectivity index (χ1) is 19.9. The highest BCUT2D eigenvalue weighted by Gasteiger charge is 2.46. The number of nitrogens with zero attached hydrogens (tertiary/aromatic N) is 12. The number of nitrogens with one attached hydrogen (secondary N) is 1.